The SMILES string of the molecule is C=CCNC(=NCc1ccccc1CN(C)Cc1ccco1)NCC. The highest BCUT2D eigenvalue weighted by Crippen LogP contribution is 2.14. The van der Waals surface area contributed by atoms with Gasteiger partial charge in [-0.15, -0.1) is 6.58 Å². The maximum Gasteiger partial charge on any atom is 0.191 e. The van der Waals surface area contributed by atoms with Crippen molar-refractivity contribution in [2.45, 2.75) is 26.6 Å². The van der Waals surface area contributed by atoms with Crippen LogP contribution in [-0.4, -0.2) is 31.0 Å². The summed E-state index contributed by atoms with van der Waals surface area (Å²) in [5, 5.41) is 6.47. The quantitative estimate of drug-likeness (QED) is 0.418. The van der Waals surface area contributed by atoms with E-state index in [1.165, 1.54) is 11.1 Å². The molecule has 134 valence electrons. The molecule has 0 radical (unpaired) electrons. The van der Waals surface area contributed by atoms with Gasteiger partial charge in [0.1, 0.15) is 5.76 Å². The molecule has 0 saturated carbocycles. The topological polar surface area (TPSA) is 52.8 Å². The van der Waals surface area contributed by atoms with E-state index < -0.39 is 0 Å². The first kappa shape index (κ1) is 18.8. The number of nitrogens with one attached hydrogen (secondary N) is 2. The molecule has 1 aromatic carbocycles. The summed E-state index contributed by atoms with van der Waals surface area (Å²) in [6.07, 6.45) is 3.54. The Hall–Kier alpha value is -2.53. The Morgan fingerprint density at radius 3 is 2.64 bits per heavy atom. The van der Waals surface area contributed by atoms with E-state index in [-0.39, 0.29) is 0 Å². The van der Waals surface area contributed by atoms with Crippen LogP contribution >= 0.6 is 0 Å². The fraction of sp³-hybridized carbons (Fsp3) is 0.350. The zero-order valence-corrected chi connectivity index (χ0v) is 15.2. The summed E-state index contributed by atoms with van der Waals surface area (Å²) < 4.78 is 5.43. The summed E-state index contributed by atoms with van der Waals surface area (Å²) in [5.41, 5.74) is 2.50. The van der Waals surface area contributed by atoms with Crippen molar-refractivity contribution in [2.75, 3.05) is 20.1 Å². The molecule has 2 aromatic rings. The first-order valence-corrected chi connectivity index (χ1v) is 8.63. The van der Waals surface area contributed by atoms with E-state index in [1.807, 2.05) is 18.2 Å². The highest BCUT2D eigenvalue weighted by molar-refractivity contribution is 5.79. The molecule has 0 aliphatic carbocycles. The fourth-order valence-electron chi connectivity index (χ4n) is 2.56. The molecule has 2 rings (SSSR count). The van der Waals surface area contributed by atoms with Gasteiger partial charge >= 0.3 is 0 Å². The zero-order valence-electron chi connectivity index (χ0n) is 15.2. The molecule has 0 aliphatic rings. The van der Waals surface area contributed by atoms with Crippen LogP contribution < -0.4 is 10.6 Å². The van der Waals surface area contributed by atoms with Gasteiger partial charge in [0.2, 0.25) is 0 Å². The van der Waals surface area contributed by atoms with E-state index in [2.05, 4.69) is 65.3 Å². The minimum atomic E-state index is 0.636. The number of rotatable bonds is 9. The van der Waals surface area contributed by atoms with E-state index in [4.69, 9.17) is 4.42 Å². The smallest absolute Gasteiger partial charge is 0.191 e. The van der Waals surface area contributed by atoms with Gasteiger partial charge in [0.05, 0.1) is 19.4 Å². The second kappa shape index (κ2) is 10.4. The Balaban J connectivity index is 2.02. The summed E-state index contributed by atoms with van der Waals surface area (Å²) >= 11 is 0. The first-order valence-electron chi connectivity index (χ1n) is 8.63. The third kappa shape index (κ3) is 6.47. The predicted molar refractivity (Wildman–Crippen MR) is 103 cm³/mol. The van der Waals surface area contributed by atoms with Gasteiger partial charge in [0.25, 0.3) is 0 Å². The number of aliphatic imine (C=N–C) groups is 1. The van der Waals surface area contributed by atoms with Crippen molar-refractivity contribution in [1.29, 1.82) is 0 Å². The van der Waals surface area contributed by atoms with E-state index in [0.29, 0.717) is 13.1 Å². The Morgan fingerprint density at radius 2 is 1.96 bits per heavy atom. The van der Waals surface area contributed by atoms with Crippen molar-refractivity contribution < 1.29 is 4.42 Å². The molecular formula is C20H28N4O. The largest absolute Gasteiger partial charge is 0.468 e. The second-order valence-electron chi connectivity index (χ2n) is 5.89. The van der Waals surface area contributed by atoms with Gasteiger partial charge in [-0.25, -0.2) is 4.99 Å². The van der Waals surface area contributed by atoms with E-state index in [0.717, 1.165) is 31.4 Å². The van der Waals surface area contributed by atoms with Gasteiger partial charge in [0, 0.05) is 19.6 Å². The average Bonchev–Trinajstić information content (AvgIpc) is 3.11. The molecular weight excluding hydrogens is 312 g/mol. The van der Waals surface area contributed by atoms with Crippen LogP contribution in [0.4, 0.5) is 0 Å². The third-order valence-electron chi connectivity index (χ3n) is 3.73. The van der Waals surface area contributed by atoms with E-state index in [1.54, 1.807) is 6.26 Å². The Morgan fingerprint density at radius 1 is 1.16 bits per heavy atom. The van der Waals surface area contributed by atoms with Crippen LogP contribution in [0.5, 0.6) is 0 Å². The van der Waals surface area contributed by atoms with Gasteiger partial charge in [-0.2, -0.15) is 0 Å². The molecule has 0 saturated heterocycles. The molecule has 2 N–H and O–H groups in total. The van der Waals surface area contributed by atoms with Crippen molar-refractivity contribution in [1.82, 2.24) is 15.5 Å². The molecule has 0 atom stereocenters. The number of nitrogens with zero attached hydrogens (tertiary/aromatic N) is 2. The molecule has 5 heteroatoms. The van der Waals surface area contributed by atoms with Crippen LogP contribution in [0.25, 0.3) is 0 Å². The van der Waals surface area contributed by atoms with Crippen LogP contribution in [0.2, 0.25) is 0 Å². The van der Waals surface area contributed by atoms with Gasteiger partial charge in [0.15, 0.2) is 5.96 Å². The van der Waals surface area contributed by atoms with Crippen LogP contribution in [0, 0.1) is 0 Å². The minimum absolute atomic E-state index is 0.636. The summed E-state index contributed by atoms with van der Waals surface area (Å²) in [6, 6.07) is 12.4. The van der Waals surface area contributed by atoms with Gasteiger partial charge < -0.3 is 15.1 Å². The normalized spacial score (nSPS) is 11.6. The second-order valence-corrected chi connectivity index (χ2v) is 5.89. The lowest BCUT2D eigenvalue weighted by Gasteiger charge is -2.17. The van der Waals surface area contributed by atoms with E-state index >= 15 is 0 Å². The number of hydrogen-bond acceptors (Lipinski definition) is 3. The van der Waals surface area contributed by atoms with Crippen molar-refractivity contribution in [3.05, 3.63) is 72.2 Å². The molecule has 1 aromatic heterocycles. The fourth-order valence-corrected chi connectivity index (χ4v) is 2.56. The van der Waals surface area contributed by atoms with Crippen molar-refractivity contribution in [3.63, 3.8) is 0 Å². The summed E-state index contributed by atoms with van der Waals surface area (Å²) in [6.45, 7) is 9.58. The molecule has 1 heterocycles. The number of benzene rings is 1. The standard InChI is InChI=1S/C20H28N4O/c1-4-12-22-20(21-5-2)23-14-17-9-6-7-10-18(17)15-24(3)16-19-11-8-13-25-19/h4,6-11,13H,1,5,12,14-16H2,2-3H3,(H2,21,22,23). The van der Waals surface area contributed by atoms with Crippen molar-refractivity contribution in [2.24, 2.45) is 4.99 Å². The zero-order chi connectivity index (χ0) is 17.9. The number of hydrogen-bond donors (Lipinski definition) is 2. The van der Waals surface area contributed by atoms with Crippen molar-refractivity contribution in [3.8, 4) is 0 Å². The monoisotopic (exact) mass is 340 g/mol. The lowest BCUT2D eigenvalue weighted by molar-refractivity contribution is 0.287. The predicted octanol–water partition coefficient (Wildman–Crippen LogP) is 3.15. The highest BCUT2D eigenvalue weighted by Gasteiger charge is 2.07. The third-order valence-corrected chi connectivity index (χ3v) is 3.73. The molecule has 0 amide bonds. The minimum Gasteiger partial charge on any atom is -0.468 e. The van der Waals surface area contributed by atoms with Gasteiger partial charge in [-0.05, 0) is 37.2 Å². The van der Waals surface area contributed by atoms with Gasteiger partial charge in [-0.1, -0.05) is 30.3 Å². The molecule has 5 nitrogen and oxygen atoms in total. The van der Waals surface area contributed by atoms with Crippen LogP contribution in [0.3, 0.4) is 0 Å². The summed E-state index contributed by atoms with van der Waals surface area (Å²) in [7, 11) is 2.10. The molecule has 25 heavy (non-hydrogen) atoms. The Kier molecular flexibility index (Phi) is 7.79. The van der Waals surface area contributed by atoms with Gasteiger partial charge in [-0.3, -0.25) is 4.90 Å². The van der Waals surface area contributed by atoms with E-state index in [9.17, 15) is 0 Å². The molecule has 0 bridgehead atoms. The Labute approximate surface area is 150 Å². The summed E-state index contributed by atoms with van der Waals surface area (Å²) in [5.74, 6) is 1.78. The van der Waals surface area contributed by atoms with Crippen LogP contribution in [0.1, 0.15) is 23.8 Å². The lowest BCUT2D eigenvalue weighted by Crippen LogP contribution is -2.37. The number of furan rings is 1. The van der Waals surface area contributed by atoms with Crippen molar-refractivity contribution >= 4 is 5.96 Å². The highest BCUT2D eigenvalue weighted by atomic mass is 16.3. The molecule has 0 unspecified atom stereocenters. The first-order chi connectivity index (χ1) is 12.2. The molecule has 0 spiro atoms. The molecule has 0 fully saturated rings. The lowest BCUT2D eigenvalue weighted by atomic mass is 10.1. The Bertz CT molecular complexity index is 664. The van der Waals surface area contributed by atoms with Crippen LogP contribution in [0.15, 0.2) is 64.7 Å². The summed E-state index contributed by atoms with van der Waals surface area (Å²) in [4.78, 5) is 6.91. The maximum atomic E-state index is 5.43. The molecule has 0 aliphatic heterocycles. The van der Waals surface area contributed by atoms with Crippen LogP contribution in [-0.2, 0) is 19.6 Å². The average molecular weight is 340 g/mol. The maximum absolute atomic E-state index is 5.43. The number of guanidine groups is 1.